The number of nitrogens with zero attached hydrogens (tertiary/aromatic N) is 1. The highest BCUT2D eigenvalue weighted by molar-refractivity contribution is 7.91. The first-order chi connectivity index (χ1) is 13.9. The van der Waals surface area contributed by atoms with E-state index in [-0.39, 0.29) is 23.5 Å². The molecule has 0 unspecified atom stereocenters. The minimum Gasteiger partial charge on any atom is -0.497 e. The number of carbonyl (C=O) groups is 1. The van der Waals surface area contributed by atoms with Crippen LogP contribution in [0.5, 0.6) is 11.5 Å². The SMILES string of the molecule is COc1ccc(/C=C/C(=O)N(Cc2cccc(OC)c2)[C@H]2CCS(=O)(=O)C2)cc1. The van der Waals surface area contributed by atoms with E-state index in [0.717, 1.165) is 16.9 Å². The Kier molecular flexibility index (Phi) is 6.59. The Bertz CT molecular complexity index is 983. The lowest BCUT2D eigenvalue weighted by molar-refractivity contribution is -0.128. The van der Waals surface area contributed by atoms with Crippen molar-refractivity contribution < 1.29 is 22.7 Å². The molecule has 1 aliphatic rings. The van der Waals surface area contributed by atoms with E-state index in [9.17, 15) is 13.2 Å². The Hall–Kier alpha value is -2.80. The van der Waals surface area contributed by atoms with Crippen molar-refractivity contribution in [2.45, 2.75) is 19.0 Å². The molecule has 29 heavy (non-hydrogen) atoms. The molecule has 1 atom stereocenters. The summed E-state index contributed by atoms with van der Waals surface area (Å²) in [5.41, 5.74) is 1.75. The van der Waals surface area contributed by atoms with Gasteiger partial charge in [0.2, 0.25) is 5.91 Å². The van der Waals surface area contributed by atoms with Crippen molar-refractivity contribution in [2.24, 2.45) is 0 Å². The van der Waals surface area contributed by atoms with Gasteiger partial charge in [-0.1, -0.05) is 24.3 Å². The molecule has 6 nitrogen and oxygen atoms in total. The van der Waals surface area contributed by atoms with Crippen molar-refractivity contribution in [1.29, 1.82) is 0 Å². The molecule has 0 saturated carbocycles. The van der Waals surface area contributed by atoms with Crippen molar-refractivity contribution in [3.05, 3.63) is 65.7 Å². The van der Waals surface area contributed by atoms with E-state index in [2.05, 4.69) is 0 Å². The number of ether oxygens (including phenoxy) is 2. The fourth-order valence-corrected chi connectivity index (χ4v) is 5.08. The third kappa shape index (κ3) is 5.60. The van der Waals surface area contributed by atoms with E-state index in [4.69, 9.17) is 9.47 Å². The molecule has 0 spiro atoms. The number of benzene rings is 2. The molecular formula is C22H25NO5S. The second kappa shape index (κ2) is 9.13. The fraction of sp³-hybridized carbons (Fsp3) is 0.318. The van der Waals surface area contributed by atoms with Crippen LogP contribution in [0, 0.1) is 0 Å². The number of hydrogen-bond acceptors (Lipinski definition) is 5. The van der Waals surface area contributed by atoms with Gasteiger partial charge in [0.15, 0.2) is 9.84 Å². The average molecular weight is 416 g/mol. The molecule has 3 rings (SSSR count). The summed E-state index contributed by atoms with van der Waals surface area (Å²) in [6, 6.07) is 14.5. The highest BCUT2D eigenvalue weighted by Crippen LogP contribution is 2.22. The van der Waals surface area contributed by atoms with E-state index in [1.54, 1.807) is 25.2 Å². The first-order valence-corrected chi connectivity index (χ1v) is 11.2. The molecule has 0 radical (unpaired) electrons. The predicted molar refractivity (Wildman–Crippen MR) is 113 cm³/mol. The minimum atomic E-state index is -3.11. The monoisotopic (exact) mass is 415 g/mol. The predicted octanol–water partition coefficient (Wildman–Crippen LogP) is 2.93. The molecule has 2 aromatic carbocycles. The van der Waals surface area contributed by atoms with Crippen LogP contribution < -0.4 is 9.47 Å². The van der Waals surface area contributed by atoms with Gasteiger partial charge in [-0.05, 0) is 47.9 Å². The van der Waals surface area contributed by atoms with Crippen LogP contribution in [0.2, 0.25) is 0 Å². The van der Waals surface area contributed by atoms with E-state index in [0.29, 0.717) is 18.7 Å². The molecule has 2 aromatic rings. The molecule has 0 bridgehead atoms. The summed E-state index contributed by atoms with van der Waals surface area (Å²) in [6.45, 7) is 0.323. The maximum absolute atomic E-state index is 13.0. The number of methoxy groups -OCH3 is 2. The van der Waals surface area contributed by atoms with Crippen LogP contribution in [0.1, 0.15) is 17.5 Å². The molecule has 1 aliphatic heterocycles. The van der Waals surface area contributed by atoms with E-state index >= 15 is 0 Å². The molecule has 1 heterocycles. The Morgan fingerprint density at radius 2 is 1.83 bits per heavy atom. The Labute approximate surface area is 171 Å². The molecule has 1 fully saturated rings. The molecule has 0 N–H and O–H groups in total. The molecule has 7 heteroatoms. The summed E-state index contributed by atoms with van der Waals surface area (Å²) in [5.74, 6) is 1.33. The second-order valence-corrected chi connectivity index (χ2v) is 9.21. The summed E-state index contributed by atoms with van der Waals surface area (Å²) in [4.78, 5) is 14.6. The lowest BCUT2D eigenvalue weighted by Crippen LogP contribution is -2.39. The Morgan fingerprint density at radius 1 is 1.10 bits per heavy atom. The number of carbonyl (C=O) groups excluding carboxylic acids is 1. The summed E-state index contributed by atoms with van der Waals surface area (Å²) in [6.07, 6.45) is 3.67. The van der Waals surface area contributed by atoms with Crippen molar-refractivity contribution >= 4 is 21.8 Å². The quantitative estimate of drug-likeness (QED) is 0.650. The number of hydrogen-bond donors (Lipinski definition) is 0. The number of sulfone groups is 1. The van der Waals surface area contributed by atoms with Crippen LogP contribution in [0.4, 0.5) is 0 Å². The molecule has 1 amide bonds. The summed E-state index contributed by atoms with van der Waals surface area (Å²) in [7, 11) is 0.0737. The molecule has 0 aliphatic carbocycles. The summed E-state index contributed by atoms with van der Waals surface area (Å²) in [5, 5.41) is 0. The van der Waals surface area contributed by atoms with Gasteiger partial charge >= 0.3 is 0 Å². The standard InChI is InChI=1S/C22H25NO5S/c1-27-20-9-6-17(7-10-20)8-11-22(24)23(19-12-13-29(25,26)16-19)15-18-4-3-5-21(14-18)28-2/h3-11,14,19H,12-13,15-16H2,1-2H3/b11-8+/t19-/m0/s1. The highest BCUT2D eigenvalue weighted by Gasteiger charge is 2.34. The van der Waals surface area contributed by atoms with Gasteiger partial charge in [0.05, 0.1) is 25.7 Å². The van der Waals surface area contributed by atoms with Crippen LogP contribution in [-0.4, -0.2) is 51.0 Å². The van der Waals surface area contributed by atoms with E-state index < -0.39 is 9.84 Å². The summed E-state index contributed by atoms with van der Waals surface area (Å²) >= 11 is 0. The van der Waals surface area contributed by atoms with Crippen LogP contribution in [0.15, 0.2) is 54.6 Å². The third-order valence-electron chi connectivity index (χ3n) is 4.95. The van der Waals surface area contributed by atoms with Crippen LogP contribution in [0.25, 0.3) is 6.08 Å². The lowest BCUT2D eigenvalue weighted by Gasteiger charge is -2.27. The van der Waals surface area contributed by atoms with Crippen LogP contribution in [0.3, 0.4) is 0 Å². The topological polar surface area (TPSA) is 72.9 Å². The minimum absolute atomic E-state index is 0.000908. The van der Waals surface area contributed by atoms with Crippen molar-refractivity contribution in [2.75, 3.05) is 25.7 Å². The van der Waals surface area contributed by atoms with Gasteiger partial charge in [-0.2, -0.15) is 0 Å². The number of rotatable bonds is 7. The fourth-order valence-electron chi connectivity index (χ4n) is 3.35. The van der Waals surface area contributed by atoms with Crippen molar-refractivity contribution in [3.63, 3.8) is 0 Å². The average Bonchev–Trinajstić information content (AvgIpc) is 3.10. The van der Waals surface area contributed by atoms with Gasteiger partial charge in [-0.3, -0.25) is 4.79 Å². The van der Waals surface area contributed by atoms with Gasteiger partial charge in [-0.15, -0.1) is 0 Å². The second-order valence-electron chi connectivity index (χ2n) is 6.98. The van der Waals surface area contributed by atoms with E-state index in [1.165, 1.54) is 6.08 Å². The zero-order chi connectivity index (χ0) is 20.9. The molecular weight excluding hydrogens is 390 g/mol. The number of amides is 1. The van der Waals surface area contributed by atoms with Gasteiger partial charge in [0.1, 0.15) is 11.5 Å². The van der Waals surface area contributed by atoms with E-state index in [1.807, 2.05) is 48.5 Å². The summed E-state index contributed by atoms with van der Waals surface area (Å²) < 4.78 is 34.3. The maximum atomic E-state index is 13.0. The molecule has 0 aromatic heterocycles. The maximum Gasteiger partial charge on any atom is 0.247 e. The van der Waals surface area contributed by atoms with Gasteiger partial charge < -0.3 is 14.4 Å². The highest BCUT2D eigenvalue weighted by atomic mass is 32.2. The molecule has 1 saturated heterocycles. The van der Waals surface area contributed by atoms with Crippen LogP contribution >= 0.6 is 0 Å². The van der Waals surface area contributed by atoms with Gasteiger partial charge in [0, 0.05) is 18.7 Å². The molecule has 154 valence electrons. The normalized spacial score (nSPS) is 17.9. The smallest absolute Gasteiger partial charge is 0.247 e. The zero-order valence-corrected chi connectivity index (χ0v) is 17.4. The first-order valence-electron chi connectivity index (χ1n) is 9.36. The van der Waals surface area contributed by atoms with Gasteiger partial charge in [-0.25, -0.2) is 8.42 Å². The van der Waals surface area contributed by atoms with Crippen molar-refractivity contribution in [1.82, 2.24) is 4.90 Å². The van der Waals surface area contributed by atoms with Gasteiger partial charge in [0.25, 0.3) is 0 Å². The Balaban J connectivity index is 1.81. The van der Waals surface area contributed by atoms with Crippen molar-refractivity contribution in [3.8, 4) is 11.5 Å². The first kappa shape index (κ1) is 20.9. The Morgan fingerprint density at radius 3 is 2.45 bits per heavy atom. The third-order valence-corrected chi connectivity index (χ3v) is 6.70. The largest absolute Gasteiger partial charge is 0.497 e. The van der Waals surface area contributed by atoms with Crippen LogP contribution in [-0.2, 0) is 21.2 Å². The zero-order valence-electron chi connectivity index (χ0n) is 16.6. The lowest BCUT2D eigenvalue weighted by atomic mass is 10.1.